The van der Waals surface area contributed by atoms with Gasteiger partial charge in [-0.2, -0.15) is 0 Å². The molecule has 1 saturated heterocycles. The summed E-state index contributed by atoms with van der Waals surface area (Å²) in [6, 6.07) is 3.84. The maximum Gasteiger partial charge on any atom is 0.254 e. The molecule has 0 bridgehead atoms. The van der Waals surface area contributed by atoms with Crippen LogP contribution < -0.4 is 5.32 Å². The summed E-state index contributed by atoms with van der Waals surface area (Å²) >= 11 is 0. The Morgan fingerprint density at radius 2 is 1.86 bits per heavy atom. The minimum absolute atomic E-state index is 0.160. The Morgan fingerprint density at radius 3 is 2.48 bits per heavy atom. The summed E-state index contributed by atoms with van der Waals surface area (Å²) in [7, 11) is 1.85. The molecule has 0 spiro atoms. The summed E-state index contributed by atoms with van der Waals surface area (Å²) in [4.78, 5) is 19.3. The molecule has 116 valence electrons. The normalized spacial score (nSPS) is 16.2. The van der Waals surface area contributed by atoms with Crippen LogP contribution in [0.15, 0.2) is 12.1 Å². The summed E-state index contributed by atoms with van der Waals surface area (Å²) in [5.41, 5.74) is 1.78. The largest absolute Gasteiger partial charge is 0.373 e. The lowest BCUT2D eigenvalue weighted by Gasteiger charge is -2.25. The van der Waals surface area contributed by atoms with Crippen molar-refractivity contribution in [3.8, 4) is 0 Å². The Bertz CT molecular complexity index is 465. The van der Waals surface area contributed by atoms with Crippen molar-refractivity contribution >= 4 is 11.7 Å². The first-order valence-electron chi connectivity index (χ1n) is 8.22. The van der Waals surface area contributed by atoms with E-state index >= 15 is 0 Å². The lowest BCUT2D eigenvalue weighted by atomic mass is 10.1. The number of amides is 1. The second-order valence-corrected chi connectivity index (χ2v) is 5.79. The van der Waals surface area contributed by atoms with Crippen LogP contribution in [0.4, 0.5) is 5.82 Å². The van der Waals surface area contributed by atoms with E-state index in [2.05, 4.69) is 17.2 Å². The molecule has 1 aliphatic heterocycles. The van der Waals surface area contributed by atoms with E-state index in [1.807, 2.05) is 24.1 Å². The number of aryl methyl sites for hydroxylation is 1. The molecule has 1 amide bonds. The van der Waals surface area contributed by atoms with E-state index in [1.54, 1.807) is 0 Å². The molecule has 0 aliphatic carbocycles. The van der Waals surface area contributed by atoms with Crippen LogP contribution in [-0.4, -0.2) is 35.9 Å². The van der Waals surface area contributed by atoms with E-state index < -0.39 is 0 Å². The number of hydrogen-bond donors (Lipinski definition) is 1. The second kappa shape index (κ2) is 8.01. The molecule has 1 aromatic heterocycles. The van der Waals surface area contributed by atoms with Gasteiger partial charge in [0.05, 0.1) is 0 Å². The summed E-state index contributed by atoms with van der Waals surface area (Å²) in [6.45, 7) is 3.91. The summed E-state index contributed by atoms with van der Waals surface area (Å²) in [6.07, 6.45) is 7.98. The van der Waals surface area contributed by atoms with Gasteiger partial charge in [-0.15, -0.1) is 0 Å². The molecular weight excluding hydrogens is 262 g/mol. The topological polar surface area (TPSA) is 45.2 Å². The highest BCUT2D eigenvalue weighted by Crippen LogP contribution is 2.17. The van der Waals surface area contributed by atoms with Gasteiger partial charge in [0.25, 0.3) is 5.91 Å². The van der Waals surface area contributed by atoms with Crippen LogP contribution in [0.2, 0.25) is 0 Å². The number of carbonyl (C=O) groups is 1. The summed E-state index contributed by atoms with van der Waals surface area (Å²) in [5, 5.41) is 3.06. The molecule has 1 aliphatic rings. The van der Waals surface area contributed by atoms with Crippen LogP contribution in [0.3, 0.4) is 0 Å². The van der Waals surface area contributed by atoms with Crippen LogP contribution in [-0.2, 0) is 6.42 Å². The molecule has 4 nitrogen and oxygen atoms in total. The van der Waals surface area contributed by atoms with Crippen LogP contribution in [0, 0.1) is 0 Å². The zero-order valence-corrected chi connectivity index (χ0v) is 13.3. The number of hydrogen-bond acceptors (Lipinski definition) is 3. The van der Waals surface area contributed by atoms with Gasteiger partial charge in [0.2, 0.25) is 0 Å². The van der Waals surface area contributed by atoms with E-state index in [0.717, 1.165) is 55.8 Å². The van der Waals surface area contributed by atoms with Crippen LogP contribution >= 0.6 is 0 Å². The summed E-state index contributed by atoms with van der Waals surface area (Å²) < 4.78 is 0. The Balaban J connectivity index is 2.17. The molecule has 21 heavy (non-hydrogen) atoms. The maximum absolute atomic E-state index is 12.8. The molecule has 1 N–H and O–H groups in total. The number of anilines is 1. The molecule has 1 fully saturated rings. The lowest BCUT2D eigenvalue weighted by molar-refractivity contribution is 0.0742. The predicted molar refractivity (Wildman–Crippen MR) is 86.8 cm³/mol. The third-order valence-corrected chi connectivity index (χ3v) is 4.03. The SMILES string of the molecule is CCCc1cc(C(=O)N2CCCCCCC2)cc(NC)n1. The van der Waals surface area contributed by atoms with Crippen molar-refractivity contribution in [3.05, 3.63) is 23.4 Å². The number of nitrogens with zero attached hydrogens (tertiary/aromatic N) is 2. The zero-order chi connectivity index (χ0) is 15.1. The van der Waals surface area contributed by atoms with Crippen LogP contribution in [0.5, 0.6) is 0 Å². The van der Waals surface area contributed by atoms with Gasteiger partial charge in [-0.05, 0) is 31.4 Å². The monoisotopic (exact) mass is 289 g/mol. The molecule has 0 unspecified atom stereocenters. The third kappa shape index (κ3) is 4.45. The minimum atomic E-state index is 0.160. The fourth-order valence-electron chi connectivity index (χ4n) is 2.86. The van der Waals surface area contributed by atoms with Crippen molar-refractivity contribution in [1.82, 2.24) is 9.88 Å². The number of nitrogens with one attached hydrogen (secondary N) is 1. The fourth-order valence-corrected chi connectivity index (χ4v) is 2.86. The van der Waals surface area contributed by atoms with E-state index in [1.165, 1.54) is 19.3 Å². The van der Waals surface area contributed by atoms with Gasteiger partial charge < -0.3 is 10.2 Å². The smallest absolute Gasteiger partial charge is 0.254 e. The first-order chi connectivity index (χ1) is 10.2. The number of carbonyl (C=O) groups excluding carboxylic acids is 1. The Hall–Kier alpha value is -1.58. The van der Waals surface area contributed by atoms with Crippen LogP contribution in [0.25, 0.3) is 0 Å². The zero-order valence-electron chi connectivity index (χ0n) is 13.3. The Labute approximate surface area is 127 Å². The predicted octanol–water partition coefficient (Wildman–Crippen LogP) is 3.48. The quantitative estimate of drug-likeness (QED) is 0.923. The van der Waals surface area contributed by atoms with Crippen molar-refractivity contribution < 1.29 is 4.79 Å². The second-order valence-electron chi connectivity index (χ2n) is 5.79. The highest BCUT2D eigenvalue weighted by atomic mass is 16.2. The lowest BCUT2D eigenvalue weighted by Crippen LogP contribution is -2.34. The van der Waals surface area contributed by atoms with Crippen molar-refractivity contribution in [2.24, 2.45) is 0 Å². The summed E-state index contributed by atoms with van der Waals surface area (Å²) in [5.74, 6) is 0.949. The van der Waals surface area contributed by atoms with Gasteiger partial charge in [-0.3, -0.25) is 4.79 Å². The fraction of sp³-hybridized carbons (Fsp3) is 0.647. The van der Waals surface area contributed by atoms with Crippen LogP contribution in [0.1, 0.15) is 61.5 Å². The number of likely N-dealkylation sites (tertiary alicyclic amines) is 1. The molecule has 4 heteroatoms. The van der Waals surface area contributed by atoms with Gasteiger partial charge >= 0.3 is 0 Å². The number of aromatic nitrogens is 1. The highest BCUT2D eigenvalue weighted by Gasteiger charge is 2.18. The standard InChI is InChI=1S/C17H27N3O/c1-3-9-15-12-14(13-16(18-2)19-15)17(21)20-10-7-5-4-6-8-11-20/h12-13H,3-11H2,1-2H3,(H,18,19). The van der Waals surface area contributed by atoms with Crippen molar-refractivity contribution in [1.29, 1.82) is 0 Å². The Morgan fingerprint density at radius 1 is 1.19 bits per heavy atom. The first kappa shape index (κ1) is 15.8. The van der Waals surface area contributed by atoms with Gasteiger partial charge in [0, 0.05) is 31.4 Å². The van der Waals surface area contributed by atoms with Crippen molar-refractivity contribution in [3.63, 3.8) is 0 Å². The van der Waals surface area contributed by atoms with Gasteiger partial charge in [-0.25, -0.2) is 4.98 Å². The van der Waals surface area contributed by atoms with Gasteiger partial charge in [0.15, 0.2) is 0 Å². The van der Waals surface area contributed by atoms with E-state index in [0.29, 0.717) is 0 Å². The number of pyridine rings is 1. The molecule has 0 radical (unpaired) electrons. The van der Waals surface area contributed by atoms with Crippen molar-refractivity contribution in [2.45, 2.75) is 51.9 Å². The highest BCUT2D eigenvalue weighted by molar-refractivity contribution is 5.95. The van der Waals surface area contributed by atoms with E-state index in [9.17, 15) is 4.79 Å². The van der Waals surface area contributed by atoms with Gasteiger partial charge in [-0.1, -0.05) is 32.6 Å². The molecular formula is C17H27N3O. The molecule has 0 saturated carbocycles. The number of rotatable bonds is 4. The molecule has 2 heterocycles. The van der Waals surface area contributed by atoms with Crippen molar-refractivity contribution in [2.75, 3.05) is 25.5 Å². The first-order valence-corrected chi connectivity index (χ1v) is 8.22. The van der Waals surface area contributed by atoms with Gasteiger partial charge in [0.1, 0.15) is 5.82 Å². The third-order valence-electron chi connectivity index (χ3n) is 4.03. The minimum Gasteiger partial charge on any atom is -0.373 e. The molecule has 0 aromatic carbocycles. The maximum atomic E-state index is 12.8. The molecule has 2 rings (SSSR count). The average Bonchev–Trinajstić information content (AvgIpc) is 2.46. The Kier molecular flexibility index (Phi) is 6.03. The molecule has 0 atom stereocenters. The average molecular weight is 289 g/mol. The molecule has 1 aromatic rings. The van der Waals surface area contributed by atoms with E-state index in [-0.39, 0.29) is 5.91 Å². The van der Waals surface area contributed by atoms with E-state index in [4.69, 9.17) is 0 Å².